The molecule has 2 aliphatic heterocycles. The van der Waals surface area contributed by atoms with Gasteiger partial charge in [0.1, 0.15) is 12.3 Å². The van der Waals surface area contributed by atoms with Gasteiger partial charge in [0.05, 0.1) is 19.6 Å². The molecule has 3 rings (SSSR count). The number of rotatable bonds is 6. The monoisotopic (exact) mass is 825 g/mol. The number of carbonyl (C=O) groups excluding carboxylic acids is 3. The molecule has 3 atom stereocenters. The second-order valence-corrected chi connectivity index (χ2v) is 18.2. The largest absolute Gasteiger partial charge is 0.471 e. The van der Waals surface area contributed by atoms with Gasteiger partial charge in [-0.25, -0.2) is 14.1 Å². The van der Waals surface area contributed by atoms with Gasteiger partial charge in [-0.15, -0.1) is 0 Å². The van der Waals surface area contributed by atoms with Crippen LogP contribution in [0.25, 0.3) is 0 Å². The number of hydrogen-bond donors (Lipinski definition) is 2. The maximum Gasteiger partial charge on any atom is 0.471 e. The number of piperazine rings is 1. The number of ether oxygens (including phenoxy) is 1. The number of nitrogens with zero attached hydrogens (tertiary/aromatic N) is 3. The lowest BCUT2D eigenvalue weighted by atomic mass is 10.1. The number of cyclic esters (lactones) is 1. The Kier molecular flexibility index (Phi) is 10.5. The molecule has 2 N–H and O–H groups in total. The van der Waals surface area contributed by atoms with Gasteiger partial charge in [-0.1, -0.05) is 82.6 Å². The van der Waals surface area contributed by atoms with Crippen molar-refractivity contribution in [2.75, 3.05) is 42.5 Å². The van der Waals surface area contributed by atoms with E-state index in [1.165, 1.54) is 16.7 Å². The van der Waals surface area contributed by atoms with Gasteiger partial charge < -0.3 is 20.3 Å². The van der Waals surface area contributed by atoms with Crippen LogP contribution in [0.3, 0.4) is 0 Å². The first kappa shape index (κ1) is 33.7. The van der Waals surface area contributed by atoms with E-state index in [-0.39, 0.29) is 19.6 Å². The summed E-state index contributed by atoms with van der Waals surface area (Å²) in [5, 5.41) is 4.20. The predicted octanol–water partition coefficient (Wildman–Crippen LogP) is 5.15. The fraction of sp³-hybridized carbons (Fsp3) is 0.571. The fourth-order valence-corrected chi connectivity index (χ4v) is 5.38. The van der Waals surface area contributed by atoms with E-state index in [1.807, 2.05) is 0 Å². The molecule has 0 aliphatic carbocycles. The van der Waals surface area contributed by atoms with Gasteiger partial charge in [-0.05, 0) is 31.2 Å². The highest BCUT2D eigenvalue weighted by Crippen LogP contribution is 2.43. The summed E-state index contributed by atoms with van der Waals surface area (Å²) in [6.07, 6.45) is -7.84. The number of alkyl halides is 10. The molecule has 0 aromatic heterocycles. The molecule has 40 heavy (non-hydrogen) atoms. The lowest BCUT2D eigenvalue weighted by molar-refractivity contribution is -0.173. The molecule has 1 aromatic carbocycles. The van der Waals surface area contributed by atoms with Crippen molar-refractivity contribution in [2.24, 2.45) is 0 Å². The van der Waals surface area contributed by atoms with Gasteiger partial charge in [-0.2, -0.15) is 13.2 Å². The first-order valence-electron chi connectivity index (χ1n) is 11.3. The number of hydrogen-bond acceptors (Lipinski definition) is 6. The average molecular weight is 829 g/mol. The molecule has 3 amide bonds. The van der Waals surface area contributed by atoms with Gasteiger partial charge in [0, 0.05) is 24.5 Å². The first-order valence-corrected chi connectivity index (χ1v) is 14.8. The Bertz CT molecular complexity index is 1120. The van der Waals surface area contributed by atoms with Crippen molar-refractivity contribution in [3.8, 4) is 0 Å². The van der Waals surface area contributed by atoms with E-state index in [9.17, 15) is 27.6 Å². The molecule has 0 bridgehead atoms. The standard InChI is InChI=1S/C21H21Br3Cl3F4N5O4/c1-18(28)10-34(6-7-36(18)14(19(22,23)24)33-15(37)20(25,26)27)11-2-4-12(5-3-11)35-9-13(40-17(35)39)8-32-16(38)21(29,30)31/h2-5,13-14H,6-10H2,1H3,(H,32,38)(H,33,37)/t13?,14?,18-/m1/s1. The predicted molar refractivity (Wildman–Crippen MR) is 153 cm³/mol. The smallest absolute Gasteiger partial charge is 0.442 e. The Morgan fingerprint density at radius 2 is 1.68 bits per heavy atom. The molecular formula is C21H21Br3Cl3F4N5O4. The maximum atomic E-state index is 16.0. The van der Waals surface area contributed by atoms with Crippen LogP contribution in [0.15, 0.2) is 24.3 Å². The third-order valence-corrected chi connectivity index (χ3v) is 7.80. The molecule has 1 aromatic rings. The van der Waals surface area contributed by atoms with Crippen LogP contribution in [0.5, 0.6) is 0 Å². The lowest BCUT2D eigenvalue weighted by Crippen LogP contribution is -2.68. The quantitative estimate of drug-likeness (QED) is 0.235. The van der Waals surface area contributed by atoms with Crippen LogP contribution in [-0.2, 0) is 14.3 Å². The summed E-state index contributed by atoms with van der Waals surface area (Å²) in [6.45, 7) is 1.09. The Labute approximate surface area is 266 Å². The minimum absolute atomic E-state index is 0.0772. The molecular weight excluding hydrogens is 808 g/mol. The summed E-state index contributed by atoms with van der Waals surface area (Å²) in [6, 6.07) is 6.47. The highest BCUT2D eigenvalue weighted by Gasteiger charge is 2.49. The minimum atomic E-state index is -5.04. The van der Waals surface area contributed by atoms with E-state index in [0.717, 1.165) is 0 Å². The van der Waals surface area contributed by atoms with Gasteiger partial charge in [0.15, 0.2) is 7.94 Å². The SMILES string of the molecule is C[C@]1(F)CN(c2ccc(N3CC(CNC(=O)C(F)(F)F)OC3=O)cc2)CCN1C(NC(=O)C(Cl)(Cl)Cl)C(Br)(Br)Br. The molecule has 2 fully saturated rings. The molecule has 19 heteroatoms. The van der Waals surface area contributed by atoms with Gasteiger partial charge >= 0.3 is 18.2 Å². The van der Waals surface area contributed by atoms with Gasteiger partial charge in [-0.3, -0.25) is 14.5 Å². The second kappa shape index (κ2) is 12.4. The minimum Gasteiger partial charge on any atom is -0.442 e. The molecule has 2 saturated heterocycles. The van der Waals surface area contributed by atoms with Crippen molar-refractivity contribution in [2.45, 2.75) is 37.1 Å². The summed E-state index contributed by atoms with van der Waals surface area (Å²) in [5.74, 6) is -5.07. The normalized spacial score (nSPS) is 23.6. The summed E-state index contributed by atoms with van der Waals surface area (Å²) < 4.78 is 54.8. The van der Waals surface area contributed by atoms with Crippen LogP contribution < -0.4 is 20.4 Å². The van der Waals surface area contributed by atoms with E-state index in [1.54, 1.807) is 34.5 Å². The maximum absolute atomic E-state index is 16.0. The lowest BCUT2D eigenvalue weighted by Gasteiger charge is -2.50. The van der Waals surface area contributed by atoms with Crippen molar-refractivity contribution < 1.29 is 36.7 Å². The summed E-state index contributed by atoms with van der Waals surface area (Å²) in [4.78, 5) is 39.9. The highest BCUT2D eigenvalue weighted by atomic mass is 80.0. The van der Waals surface area contributed by atoms with E-state index >= 15 is 4.39 Å². The molecule has 2 heterocycles. The zero-order valence-corrected chi connectivity index (χ0v) is 27.3. The number of nitrogens with one attached hydrogen (secondary N) is 2. The zero-order chi connectivity index (χ0) is 30.3. The van der Waals surface area contributed by atoms with Gasteiger partial charge in [0.25, 0.3) is 9.70 Å². The van der Waals surface area contributed by atoms with Crippen molar-refractivity contribution in [1.29, 1.82) is 0 Å². The molecule has 0 spiro atoms. The van der Waals surface area contributed by atoms with Crippen molar-refractivity contribution in [1.82, 2.24) is 15.5 Å². The van der Waals surface area contributed by atoms with Crippen LogP contribution in [0.2, 0.25) is 0 Å². The summed E-state index contributed by atoms with van der Waals surface area (Å²) in [7, 11) is 0. The van der Waals surface area contributed by atoms with E-state index in [2.05, 4.69) is 53.1 Å². The third-order valence-electron chi connectivity index (χ3n) is 5.98. The third kappa shape index (κ3) is 8.40. The average Bonchev–Trinajstić information content (AvgIpc) is 3.19. The Hall–Kier alpha value is -0.780. The molecule has 0 saturated carbocycles. The number of carbonyl (C=O) groups is 3. The van der Waals surface area contributed by atoms with Crippen LogP contribution in [0.1, 0.15) is 6.92 Å². The van der Waals surface area contributed by atoms with Crippen LogP contribution >= 0.6 is 82.6 Å². The Morgan fingerprint density at radius 1 is 1.10 bits per heavy atom. The van der Waals surface area contributed by atoms with Crippen LogP contribution in [-0.4, -0.2) is 85.7 Å². The van der Waals surface area contributed by atoms with E-state index in [0.29, 0.717) is 17.9 Å². The molecule has 0 radical (unpaired) electrons. The van der Waals surface area contributed by atoms with Crippen molar-refractivity contribution >= 4 is 112 Å². The van der Waals surface area contributed by atoms with E-state index < -0.39 is 54.6 Å². The van der Waals surface area contributed by atoms with Crippen LogP contribution in [0.4, 0.5) is 33.7 Å². The zero-order valence-electron chi connectivity index (χ0n) is 20.3. The fourth-order valence-electron chi connectivity index (χ4n) is 4.13. The number of amides is 3. The topological polar surface area (TPSA) is 94.2 Å². The Balaban J connectivity index is 1.66. The highest BCUT2D eigenvalue weighted by molar-refractivity contribution is 9.39. The molecule has 2 aliphatic rings. The number of benzene rings is 1. The number of anilines is 2. The van der Waals surface area contributed by atoms with E-state index in [4.69, 9.17) is 39.5 Å². The number of halogens is 10. The Morgan fingerprint density at radius 3 is 2.17 bits per heavy atom. The van der Waals surface area contributed by atoms with Crippen molar-refractivity contribution in [3.05, 3.63) is 24.3 Å². The van der Waals surface area contributed by atoms with Crippen LogP contribution in [0, 0.1) is 0 Å². The molecule has 224 valence electrons. The molecule has 9 nitrogen and oxygen atoms in total. The first-order chi connectivity index (χ1) is 18.2. The van der Waals surface area contributed by atoms with Gasteiger partial charge in [0.2, 0.25) is 0 Å². The second-order valence-electron chi connectivity index (χ2n) is 9.01. The summed E-state index contributed by atoms with van der Waals surface area (Å²) in [5.41, 5.74) is 1.02. The molecule has 2 unspecified atom stereocenters. The van der Waals surface area contributed by atoms with Crippen molar-refractivity contribution in [3.63, 3.8) is 0 Å². The summed E-state index contributed by atoms with van der Waals surface area (Å²) >= 11 is 27.0.